The maximum Gasteiger partial charge on any atom is 0.345 e. The van der Waals surface area contributed by atoms with Crippen LogP contribution in [0.3, 0.4) is 0 Å². The summed E-state index contributed by atoms with van der Waals surface area (Å²) in [6, 6.07) is 15.6. The largest absolute Gasteiger partial charge is 0.422 e. The van der Waals surface area contributed by atoms with Crippen LogP contribution in [-0.2, 0) is 20.7 Å². The number of carbonyl (C=O) groups is 1. The molecular formula is C21H16I3O4S2+. The van der Waals surface area contributed by atoms with Crippen LogP contribution >= 0.6 is 67.8 Å². The van der Waals surface area contributed by atoms with Gasteiger partial charge in [-0.3, -0.25) is 0 Å². The predicted molar refractivity (Wildman–Crippen MR) is 148 cm³/mol. The third-order valence-corrected chi connectivity index (χ3v) is 13.4. The minimum Gasteiger partial charge on any atom is -0.422 e. The van der Waals surface area contributed by atoms with Crippen molar-refractivity contribution in [1.82, 2.24) is 0 Å². The number of sulfone groups is 1. The molecule has 1 saturated heterocycles. The number of carbonyl (C=O) groups excluding carboxylic acids is 1. The van der Waals surface area contributed by atoms with Crippen LogP contribution in [0.1, 0.15) is 10.4 Å². The molecule has 0 bridgehead atoms. The van der Waals surface area contributed by atoms with E-state index in [4.69, 9.17) is 4.74 Å². The van der Waals surface area contributed by atoms with E-state index in [-0.39, 0.29) is 28.4 Å². The molecule has 4 rings (SSSR count). The molecule has 3 aromatic rings. The molecule has 30 heavy (non-hydrogen) atoms. The molecule has 1 aliphatic rings. The van der Waals surface area contributed by atoms with Crippen molar-refractivity contribution in [3.63, 3.8) is 0 Å². The molecule has 0 saturated carbocycles. The second kappa shape index (κ2) is 9.40. The lowest BCUT2D eigenvalue weighted by Crippen LogP contribution is -2.32. The number of benzene rings is 3. The van der Waals surface area contributed by atoms with E-state index in [1.165, 1.54) is 0 Å². The molecule has 0 spiro atoms. The summed E-state index contributed by atoms with van der Waals surface area (Å²) in [5.41, 5.74) is 0.579. The molecule has 1 aliphatic heterocycles. The smallest absolute Gasteiger partial charge is 0.345 e. The highest BCUT2D eigenvalue weighted by molar-refractivity contribution is 14.1. The Morgan fingerprint density at radius 1 is 0.867 bits per heavy atom. The fourth-order valence-electron chi connectivity index (χ4n) is 3.33. The average molecular weight is 777 g/mol. The highest BCUT2D eigenvalue weighted by Crippen LogP contribution is 2.34. The number of ether oxygens (including phenoxy) is 1. The number of hydrogen-bond acceptors (Lipinski definition) is 4. The minimum absolute atomic E-state index is 0.120. The van der Waals surface area contributed by atoms with Crippen molar-refractivity contribution in [1.29, 1.82) is 0 Å². The first-order valence-electron chi connectivity index (χ1n) is 9.02. The maximum absolute atomic E-state index is 13.0. The maximum atomic E-state index is 13.0. The van der Waals surface area contributed by atoms with E-state index in [1.54, 1.807) is 0 Å². The Bertz CT molecular complexity index is 1240. The van der Waals surface area contributed by atoms with Crippen LogP contribution < -0.4 is 4.74 Å². The van der Waals surface area contributed by atoms with Crippen molar-refractivity contribution in [2.45, 2.75) is 4.90 Å². The van der Waals surface area contributed by atoms with Crippen LogP contribution in [0, 0.1) is 10.7 Å². The SMILES string of the molecule is O=C(Oc1ccc([S+]2CCS(=O)(=O)CC2)c2ccccc12)c1c(I)ccc(I)c1I. The van der Waals surface area contributed by atoms with Gasteiger partial charge in [0.1, 0.15) is 17.3 Å². The van der Waals surface area contributed by atoms with Crippen molar-refractivity contribution >= 4 is 105 Å². The van der Waals surface area contributed by atoms with Gasteiger partial charge in [0.2, 0.25) is 0 Å². The van der Waals surface area contributed by atoms with Gasteiger partial charge in [0.25, 0.3) is 0 Å². The van der Waals surface area contributed by atoms with Crippen LogP contribution in [0.4, 0.5) is 0 Å². The molecule has 3 aromatic carbocycles. The third-order valence-electron chi connectivity index (χ3n) is 4.89. The molecule has 0 aromatic heterocycles. The zero-order valence-electron chi connectivity index (χ0n) is 15.5. The number of esters is 1. The lowest BCUT2D eigenvalue weighted by molar-refractivity contribution is 0.0734. The molecule has 0 radical (unpaired) electrons. The first kappa shape index (κ1) is 23.1. The summed E-state index contributed by atoms with van der Waals surface area (Å²) in [4.78, 5) is 14.2. The first-order chi connectivity index (χ1) is 14.3. The van der Waals surface area contributed by atoms with E-state index in [2.05, 4.69) is 67.8 Å². The minimum atomic E-state index is -2.91. The standard InChI is InChI=1S/C21H16I3O4S2/c22-15-5-6-16(23)20(24)19(15)21(25)28-17-7-8-18(14-4-2-1-3-13(14)17)29-9-11-30(26,27)12-10-29/h1-8H,9-12H2/q+1. The van der Waals surface area contributed by atoms with Crippen molar-refractivity contribution in [3.8, 4) is 5.75 Å². The van der Waals surface area contributed by atoms with E-state index in [9.17, 15) is 13.2 Å². The van der Waals surface area contributed by atoms with Crippen LogP contribution in [0.15, 0.2) is 53.4 Å². The number of rotatable bonds is 3. The molecule has 0 unspecified atom stereocenters. The summed E-state index contributed by atoms with van der Waals surface area (Å²) in [6.07, 6.45) is 0. The van der Waals surface area contributed by atoms with Gasteiger partial charge in [0.15, 0.2) is 14.7 Å². The average Bonchev–Trinajstić information content (AvgIpc) is 2.72. The summed E-state index contributed by atoms with van der Waals surface area (Å²) in [5.74, 6) is 1.95. The zero-order chi connectivity index (χ0) is 21.5. The van der Waals surface area contributed by atoms with Crippen molar-refractivity contribution in [3.05, 3.63) is 64.8 Å². The molecule has 0 atom stereocenters. The zero-order valence-corrected chi connectivity index (χ0v) is 23.6. The quantitative estimate of drug-likeness (QED) is 0.120. The fourth-order valence-corrected chi connectivity index (χ4v) is 10.9. The van der Waals surface area contributed by atoms with Gasteiger partial charge in [0.05, 0.1) is 17.1 Å². The van der Waals surface area contributed by atoms with E-state index in [1.807, 2.05) is 48.5 Å². The molecule has 0 amide bonds. The van der Waals surface area contributed by atoms with Gasteiger partial charge >= 0.3 is 5.97 Å². The summed E-state index contributed by atoms with van der Waals surface area (Å²) in [5, 5.41) is 1.90. The van der Waals surface area contributed by atoms with Crippen LogP contribution in [0.25, 0.3) is 10.8 Å². The first-order valence-corrected chi connectivity index (χ1v) is 15.6. The monoisotopic (exact) mass is 777 g/mol. The topological polar surface area (TPSA) is 60.4 Å². The Morgan fingerprint density at radius 2 is 1.50 bits per heavy atom. The molecule has 4 nitrogen and oxygen atoms in total. The van der Waals surface area contributed by atoms with Crippen molar-refractivity contribution in [2.75, 3.05) is 23.0 Å². The van der Waals surface area contributed by atoms with Gasteiger partial charge < -0.3 is 4.74 Å². The van der Waals surface area contributed by atoms with Crippen LogP contribution in [0.5, 0.6) is 5.75 Å². The molecule has 156 valence electrons. The normalized spacial score (nSPS) is 16.5. The van der Waals surface area contributed by atoms with Crippen molar-refractivity contribution < 1.29 is 17.9 Å². The Labute approximate surface area is 219 Å². The second-order valence-electron chi connectivity index (χ2n) is 6.77. The Hall–Kier alpha value is -0.120. The van der Waals surface area contributed by atoms with Crippen LogP contribution in [-0.4, -0.2) is 37.4 Å². The van der Waals surface area contributed by atoms with E-state index in [0.29, 0.717) is 22.8 Å². The highest BCUT2D eigenvalue weighted by Gasteiger charge is 2.34. The Kier molecular flexibility index (Phi) is 7.22. The summed E-state index contributed by atoms with van der Waals surface area (Å²) < 4.78 is 32.3. The van der Waals surface area contributed by atoms with Gasteiger partial charge in [-0.1, -0.05) is 18.2 Å². The van der Waals surface area contributed by atoms with E-state index in [0.717, 1.165) is 26.4 Å². The van der Waals surface area contributed by atoms with Gasteiger partial charge in [-0.2, -0.15) is 0 Å². The highest BCUT2D eigenvalue weighted by atomic mass is 127. The number of hydrogen-bond donors (Lipinski definition) is 0. The van der Waals surface area contributed by atoms with E-state index >= 15 is 0 Å². The Morgan fingerprint density at radius 3 is 2.20 bits per heavy atom. The summed E-state index contributed by atoms with van der Waals surface area (Å²) in [7, 11) is -3.03. The lowest BCUT2D eigenvalue weighted by atomic mass is 10.1. The Balaban J connectivity index is 1.70. The van der Waals surface area contributed by atoms with Gasteiger partial charge in [-0.15, -0.1) is 0 Å². The fraction of sp³-hybridized carbons (Fsp3) is 0.190. The number of halogens is 3. The summed E-state index contributed by atoms with van der Waals surface area (Å²) in [6.45, 7) is 0. The molecule has 1 heterocycles. The third kappa shape index (κ3) is 4.79. The molecule has 9 heteroatoms. The molecule has 1 fully saturated rings. The van der Waals surface area contributed by atoms with E-state index < -0.39 is 9.84 Å². The number of fused-ring (bicyclic) bond motifs is 1. The van der Waals surface area contributed by atoms with Gasteiger partial charge in [-0.05, 0) is 98.1 Å². The van der Waals surface area contributed by atoms with Crippen molar-refractivity contribution in [2.24, 2.45) is 0 Å². The predicted octanol–water partition coefficient (Wildman–Crippen LogP) is 5.28. The van der Waals surface area contributed by atoms with Gasteiger partial charge in [0, 0.05) is 32.4 Å². The lowest BCUT2D eigenvalue weighted by Gasteiger charge is -2.17. The molecule has 0 N–H and O–H groups in total. The van der Waals surface area contributed by atoms with Gasteiger partial charge in [-0.25, -0.2) is 13.2 Å². The van der Waals surface area contributed by atoms with Crippen LogP contribution in [0.2, 0.25) is 0 Å². The molecular weight excluding hydrogens is 761 g/mol. The molecule has 0 aliphatic carbocycles. The summed E-state index contributed by atoms with van der Waals surface area (Å²) >= 11 is 6.56. The second-order valence-corrected chi connectivity index (χ2v) is 14.7.